The van der Waals surface area contributed by atoms with Crippen LogP contribution in [-0.4, -0.2) is 41.7 Å². The van der Waals surface area contributed by atoms with Crippen LogP contribution in [-0.2, 0) is 4.79 Å². The molecule has 5 nitrogen and oxygen atoms in total. The van der Waals surface area contributed by atoms with Crippen molar-refractivity contribution < 1.29 is 14.7 Å². The van der Waals surface area contributed by atoms with Crippen molar-refractivity contribution >= 4 is 41.1 Å². The van der Waals surface area contributed by atoms with Crippen molar-refractivity contribution in [3.05, 3.63) is 29.3 Å². The Labute approximate surface area is 133 Å². The summed E-state index contributed by atoms with van der Waals surface area (Å²) in [5, 5.41) is 12.3. The van der Waals surface area contributed by atoms with E-state index in [9.17, 15) is 9.59 Å². The number of carboxylic acid groups (broad SMARTS) is 1. The third-order valence-corrected chi connectivity index (χ3v) is 3.70. The molecule has 0 aliphatic carbocycles. The van der Waals surface area contributed by atoms with Crippen LogP contribution in [0.5, 0.6) is 0 Å². The van der Waals surface area contributed by atoms with Crippen molar-refractivity contribution in [2.45, 2.75) is 19.4 Å². The number of urea groups is 1. The summed E-state index contributed by atoms with van der Waals surface area (Å²) in [7, 11) is 0. The third-order valence-electron chi connectivity index (χ3n) is 2.80. The van der Waals surface area contributed by atoms with Crippen LogP contribution in [0.25, 0.3) is 0 Å². The van der Waals surface area contributed by atoms with Crippen LogP contribution in [0.1, 0.15) is 13.3 Å². The zero-order valence-corrected chi connectivity index (χ0v) is 13.6. The van der Waals surface area contributed by atoms with Gasteiger partial charge in [-0.25, -0.2) is 4.79 Å². The standard InChI is InChI=1S/C14H19ClN2O3S/c1-10(7-8-21-2)16-14(20)17(9-13(18)19)12-5-3-11(15)4-6-12/h3-6,10H,7-9H2,1-2H3,(H,16,20)(H,18,19). The number of benzene rings is 1. The van der Waals surface area contributed by atoms with Gasteiger partial charge < -0.3 is 10.4 Å². The largest absolute Gasteiger partial charge is 0.480 e. The summed E-state index contributed by atoms with van der Waals surface area (Å²) in [6.45, 7) is 1.50. The van der Waals surface area contributed by atoms with Gasteiger partial charge in [-0.15, -0.1) is 0 Å². The van der Waals surface area contributed by atoms with E-state index in [4.69, 9.17) is 16.7 Å². The SMILES string of the molecule is CSCCC(C)NC(=O)N(CC(=O)O)c1ccc(Cl)cc1. The molecule has 0 aromatic heterocycles. The van der Waals surface area contributed by atoms with E-state index in [2.05, 4.69) is 5.32 Å². The molecule has 116 valence electrons. The van der Waals surface area contributed by atoms with Crippen molar-refractivity contribution in [1.82, 2.24) is 5.32 Å². The predicted molar refractivity (Wildman–Crippen MR) is 87.4 cm³/mol. The van der Waals surface area contributed by atoms with Crippen LogP contribution < -0.4 is 10.2 Å². The van der Waals surface area contributed by atoms with Gasteiger partial charge in [-0.2, -0.15) is 11.8 Å². The molecule has 1 atom stereocenters. The predicted octanol–water partition coefficient (Wildman–Crippen LogP) is 3.08. The second-order valence-electron chi connectivity index (χ2n) is 4.59. The fourth-order valence-electron chi connectivity index (χ4n) is 1.69. The Kier molecular flexibility index (Phi) is 7.39. The van der Waals surface area contributed by atoms with Gasteiger partial charge in [-0.3, -0.25) is 9.69 Å². The smallest absolute Gasteiger partial charge is 0.323 e. The summed E-state index contributed by atoms with van der Waals surface area (Å²) in [5.74, 6) is -0.140. The number of carbonyl (C=O) groups is 2. The molecule has 1 rings (SSSR count). The van der Waals surface area contributed by atoms with Crippen molar-refractivity contribution in [3.63, 3.8) is 0 Å². The number of nitrogens with zero attached hydrogens (tertiary/aromatic N) is 1. The second-order valence-corrected chi connectivity index (χ2v) is 6.01. The molecular weight excluding hydrogens is 312 g/mol. The normalized spacial score (nSPS) is 11.8. The van der Waals surface area contributed by atoms with Gasteiger partial charge in [0.15, 0.2) is 0 Å². The summed E-state index contributed by atoms with van der Waals surface area (Å²) in [6, 6.07) is 6.04. The highest BCUT2D eigenvalue weighted by Crippen LogP contribution is 2.18. The molecule has 0 aliphatic heterocycles. The molecule has 0 heterocycles. The number of carboxylic acids is 1. The Morgan fingerprint density at radius 1 is 1.38 bits per heavy atom. The van der Waals surface area contributed by atoms with Crippen LogP contribution in [0.3, 0.4) is 0 Å². The molecule has 0 fully saturated rings. The second kappa shape index (κ2) is 8.79. The van der Waals surface area contributed by atoms with E-state index in [0.29, 0.717) is 10.7 Å². The molecule has 0 saturated carbocycles. The van der Waals surface area contributed by atoms with Gasteiger partial charge in [0, 0.05) is 16.8 Å². The maximum absolute atomic E-state index is 12.2. The van der Waals surface area contributed by atoms with Crippen LogP contribution in [0.15, 0.2) is 24.3 Å². The lowest BCUT2D eigenvalue weighted by molar-refractivity contribution is -0.135. The minimum absolute atomic E-state index is 0.0199. The lowest BCUT2D eigenvalue weighted by atomic mass is 10.2. The van der Waals surface area contributed by atoms with E-state index in [-0.39, 0.29) is 6.04 Å². The van der Waals surface area contributed by atoms with E-state index in [1.165, 1.54) is 4.90 Å². The highest BCUT2D eigenvalue weighted by molar-refractivity contribution is 7.98. The lowest BCUT2D eigenvalue weighted by Gasteiger charge is -2.24. The van der Waals surface area contributed by atoms with Crippen LogP contribution in [0, 0.1) is 0 Å². The summed E-state index contributed by atoms with van der Waals surface area (Å²) in [5.41, 5.74) is 0.497. The Morgan fingerprint density at radius 3 is 2.52 bits per heavy atom. The van der Waals surface area contributed by atoms with Gasteiger partial charge in [-0.05, 0) is 49.6 Å². The number of amides is 2. The van der Waals surface area contributed by atoms with Crippen molar-refractivity contribution in [2.75, 3.05) is 23.5 Å². The molecule has 1 aromatic rings. The number of rotatable bonds is 7. The monoisotopic (exact) mass is 330 g/mol. The molecule has 0 radical (unpaired) electrons. The summed E-state index contributed by atoms with van der Waals surface area (Å²) >= 11 is 7.51. The van der Waals surface area contributed by atoms with Gasteiger partial charge in [0.1, 0.15) is 6.54 Å². The molecule has 1 unspecified atom stereocenters. The van der Waals surface area contributed by atoms with E-state index in [0.717, 1.165) is 12.2 Å². The first-order valence-electron chi connectivity index (χ1n) is 6.48. The van der Waals surface area contributed by atoms with Gasteiger partial charge in [-0.1, -0.05) is 11.6 Å². The summed E-state index contributed by atoms with van der Waals surface area (Å²) < 4.78 is 0. The van der Waals surface area contributed by atoms with Gasteiger partial charge >= 0.3 is 12.0 Å². The number of hydrogen-bond acceptors (Lipinski definition) is 3. The molecule has 2 N–H and O–H groups in total. The number of halogens is 1. The first kappa shape index (κ1) is 17.7. The molecule has 0 aliphatic rings. The van der Waals surface area contributed by atoms with E-state index < -0.39 is 18.5 Å². The van der Waals surface area contributed by atoms with Crippen molar-refractivity contribution in [1.29, 1.82) is 0 Å². The Hall–Kier alpha value is -1.40. The topological polar surface area (TPSA) is 69.6 Å². The Morgan fingerprint density at radius 2 is 2.00 bits per heavy atom. The average molecular weight is 331 g/mol. The Bertz CT molecular complexity index is 482. The van der Waals surface area contributed by atoms with Gasteiger partial charge in [0.2, 0.25) is 0 Å². The molecule has 1 aromatic carbocycles. The number of carbonyl (C=O) groups excluding carboxylic acids is 1. The number of thioether (sulfide) groups is 1. The maximum Gasteiger partial charge on any atom is 0.323 e. The maximum atomic E-state index is 12.2. The molecule has 0 spiro atoms. The molecule has 0 bridgehead atoms. The molecular formula is C14H19ClN2O3S. The van der Waals surface area contributed by atoms with Crippen LogP contribution in [0.2, 0.25) is 5.02 Å². The highest BCUT2D eigenvalue weighted by Gasteiger charge is 2.20. The summed E-state index contributed by atoms with van der Waals surface area (Å²) in [6.07, 6.45) is 2.83. The number of aliphatic carboxylic acids is 1. The van der Waals surface area contributed by atoms with E-state index in [1.54, 1.807) is 36.0 Å². The van der Waals surface area contributed by atoms with Crippen molar-refractivity contribution in [2.24, 2.45) is 0 Å². The Balaban J connectivity index is 2.79. The number of hydrogen-bond donors (Lipinski definition) is 2. The van der Waals surface area contributed by atoms with E-state index >= 15 is 0 Å². The van der Waals surface area contributed by atoms with Gasteiger partial charge in [0.25, 0.3) is 0 Å². The van der Waals surface area contributed by atoms with E-state index in [1.807, 2.05) is 13.2 Å². The fraction of sp³-hybridized carbons (Fsp3) is 0.429. The zero-order chi connectivity index (χ0) is 15.8. The lowest BCUT2D eigenvalue weighted by Crippen LogP contribution is -2.46. The first-order valence-corrected chi connectivity index (χ1v) is 8.25. The molecule has 2 amide bonds. The average Bonchev–Trinajstić information content (AvgIpc) is 2.43. The van der Waals surface area contributed by atoms with Crippen LogP contribution in [0.4, 0.5) is 10.5 Å². The summed E-state index contributed by atoms with van der Waals surface area (Å²) in [4.78, 5) is 24.4. The number of anilines is 1. The minimum atomic E-state index is -1.07. The minimum Gasteiger partial charge on any atom is -0.480 e. The molecule has 0 saturated heterocycles. The number of nitrogens with one attached hydrogen (secondary N) is 1. The fourth-order valence-corrected chi connectivity index (χ4v) is 2.41. The highest BCUT2D eigenvalue weighted by atomic mass is 35.5. The van der Waals surface area contributed by atoms with Crippen LogP contribution >= 0.6 is 23.4 Å². The quantitative estimate of drug-likeness (QED) is 0.806. The molecule has 21 heavy (non-hydrogen) atoms. The van der Waals surface area contributed by atoms with Crippen molar-refractivity contribution in [3.8, 4) is 0 Å². The zero-order valence-electron chi connectivity index (χ0n) is 12.0. The molecule has 7 heteroatoms. The third kappa shape index (κ3) is 6.27. The van der Waals surface area contributed by atoms with Gasteiger partial charge in [0.05, 0.1) is 0 Å². The first-order chi connectivity index (χ1) is 9.93.